The van der Waals surface area contributed by atoms with Crippen molar-refractivity contribution >= 4 is 0 Å². The van der Waals surface area contributed by atoms with Crippen LogP contribution in [0.1, 0.15) is 16.8 Å². The third-order valence-electron chi connectivity index (χ3n) is 2.64. The molecule has 0 saturated heterocycles. The molecule has 0 bridgehead atoms. The molecule has 2 rings (SSSR count). The van der Waals surface area contributed by atoms with Crippen molar-refractivity contribution in [3.63, 3.8) is 0 Å². The summed E-state index contributed by atoms with van der Waals surface area (Å²) in [5, 5.41) is 2.84. The molecule has 0 amide bonds. The minimum absolute atomic E-state index is 0.00652. The lowest BCUT2D eigenvalue weighted by Crippen LogP contribution is -2.18. The van der Waals surface area contributed by atoms with Crippen LogP contribution in [0.3, 0.4) is 0 Å². The topological polar surface area (TPSA) is 37.8 Å². The Morgan fingerprint density at radius 2 is 1.90 bits per heavy atom. The third kappa shape index (κ3) is 3.74. The highest BCUT2D eigenvalue weighted by atomic mass is 19.4. The first-order valence-corrected chi connectivity index (χ1v) is 5.78. The van der Waals surface area contributed by atoms with E-state index in [1.54, 1.807) is 12.3 Å². The molecule has 2 aromatic rings. The molecule has 1 aromatic heterocycles. The van der Waals surface area contributed by atoms with Gasteiger partial charge in [-0.1, -0.05) is 6.07 Å². The number of rotatable bonds is 4. The van der Waals surface area contributed by atoms with Crippen molar-refractivity contribution in [2.75, 3.05) is 0 Å². The van der Waals surface area contributed by atoms with Crippen molar-refractivity contribution in [1.29, 1.82) is 0 Å². The van der Waals surface area contributed by atoms with E-state index in [2.05, 4.69) is 15.3 Å². The van der Waals surface area contributed by atoms with Crippen LogP contribution in [0.2, 0.25) is 0 Å². The summed E-state index contributed by atoms with van der Waals surface area (Å²) in [6, 6.07) is 4.30. The minimum atomic E-state index is -4.58. The van der Waals surface area contributed by atoms with Crippen LogP contribution in [0.25, 0.3) is 0 Å². The molecule has 0 aliphatic carbocycles. The van der Waals surface area contributed by atoms with Crippen LogP contribution in [-0.2, 0) is 19.3 Å². The molecule has 1 aromatic carbocycles. The van der Waals surface area contributed by atoms with Gasteiger partial charge in [-0.25, -0.2) is 14.4 Å². The highest BCUT2D eigenvalue weighted by molar-refractivity contribution is 5.30. The van der Waals surface area contributed by atoms with Crippen LogP contribution >= 0.6 is 0 Å². The number of nitrogens with one attached hydrogen (secondary N) is 1. The predicted molar refractivity (Wildman–Crippen MR) is 64.0 cm³/mol. The Kier molecular flexibility index (Phi) is 4.29. The molecule has 0 aliphatic rings. The zero-order chi connectivity index (χ0) is 14.6. The van der Waals surface area contributed by atoms with Gasteiger partial charge in [-0.05, 0) is 23.8 Å². The number of halogens is 4. The molecule has 0 spiro atoms. The average Bonchev–Trinajstić information content (AvgIpc) is 2.40. The largest absolute Gasteiger partial charge is 0.416 e. The van der Waals surface area contributed by atoms with Crippen LogP contribution in [0, 0.1) is 5.82 Å². The van der Waals surface area contributed by atoms with Crippen LogP contribution < -0.4 is 5.32 Å². The van der Waals surface area contributed by atoms with Crippen molar-refractivity contribution in [3.05, 3.63) is 59.4 Å². The first-order valence-electron chi connectivity index (χ1n) is 5.78. The maximum Gasteiger partial charge on any atom is 0.416 e. The second-order valence-corrected chi connectivity index (χ2v) is 4.10. The van der Waals surface area contributed by atoms with Gasteiger partial charge in [-0.15, -0.1) is 0 Å². The van der Waals surface area contributed by atoms with Crippen molar-refractivity contribution < 1.29 is 17.6 Å². The number of benzene rings is 1. The van der Waals surface area contributed by atoms with Gasteiger partial charge >= 0.3 is 6.18 Å². The zero-order valence-electron chi connectivity index (χ0n) is 10.3. The quantitative estimate of drug-likeness (QED) is 0.878. The van der Waals surface area contributed by atoms with E-state index in [1.165, 1.54) is 6.33 Å². The Bertz CT molecular complexity index is 570. The minimum Gasteiger partial charge on any atom is -0.307 e. The number of nitrogens with zero attached hydrogens (tertiary/aromatic N) is 2. The first kappa shape index (κ1) is 14.4. The fourth-order valence-electron chi connectivity index (χ4n) is 1.71. The number of hydrogen-bond acceptors (Lipinski definition) is 3. The van der Waals surface area contributed by atoms with E-state index in [9.17, 15) is 17.6 Å². The second-order valence-electron chi connectivity index (χ2n) is 4.10. The Labute approximate surface area is 112 Å². The van der Waals surface area contributed by atoms with Gasteiger partial charge in [0.25, 0.3) is 0 Å². The third-order valence-corrected chi connectivity index (χ3v) is 2.64. The SMILES string of the molecule is Fc1ccc(CNCc2ccncn2)c(C(F)(F)F)c1. The second kappa shape index (κ2) is 5.96. The summed E-state index contributed by atoms with van der Waals surface area (Å²) in [4.78, 5) is 7.68. The van der Waals surface area contributed by atoms with E-state index in [0.717, 1.165) is 12.1 Å². The highest BCUT2D eigenvalue weighted by Crippen LogP contribution is 2.32. The molecule has 0 radical (unpaired) electrons. The molecule has 1 N–H and O–H groups in total. The lowest BCUT2D eigenvalue weighted by atomic mass is 10.1. The number of aromatic nitrogens is 2. The number of alkyl halides is 3. The molecule has 1 heterocycles. The fourth-order valence-corrected chi connectivity index (χ4v) is 1.71. The van der Waals surface area contributed by atoms with Crippen LogP contribution in [-0.4, -0.2) is 9.97 Å². The first-order chi connectivity index (χ1) is 9.47. The van der Waals surface area contributed by atoms with Gasteiger partial charge in [0.1, 0.15) is 12.1 Å². The van der Waals surface area contributed by atoms with Crippen molar-refractivity contribution in [1.82, 2.24) is 15.3 Å². The van der Waals surface area contributed by atoms with Gasteiger partial charge in [-0.2, -0.15) is 13.2 Å². The standard InChI is InChI=1S/C13H11F4N3/c14-10-2-1-9(12(5-10)13(15,16)17)6-19-7-11-3-4-18-8-20-11/h1-5,8,19H,6-7H2. The lowest BCUT2D eigenvalue weighted by Gasteiger charge is -2.13. The molecular weight excluding hydrogens is 274 g/mol. The molecule has 7 heteroatoms. The maximum absolute atomic E-state index is 12.9. The average molecular weight is 285 g/mol. The van der Waals surface area contributed by atoms with Crippen LogP contribution in [0.5, 0.6) is 0 Å². The zero-order valence-corrected chi connectivity index (χ0v) is 10.3. The summed E-state index contributed by atoms with van der Waals surface area (Å²) in [7, 11) is 0. The Morgan fingerprint density at radius 3 is 2.55 bits per heavy atom. The van der Waals surface area contributed by atoms with E-state index in [0.29, 0.717) is 18.3 Å². The van der Waals surface area contributed by atoms with Gasteiger partial charge in [0, 0.05) is 19.3 Å². The summed E-state index contributed by atoms with van der Waals surface area (Å²) in [6.07, 6.45) is -1.67. The maximum atomic E-state index is 12.9. The Morgan fingerprint density at radius 1 is 1.10 bits per heavy atom. The van der Waals surface area contributed by atoms with Gasteiger partial charge in [0.05, 0.1) is 11.3 Å². The normalized spacial score (nSPS) is 11.6. The van der Waals surface area contributed by atoms with Gasteiger partial charge < -0.3 is 5.32 Å². The van der Waals surface area contributed by atoms with Gasteiger partial charge in [0.2, 0.25) is 0 Å². The summed E-state index contributed by atoms with van der Waals surface area (Å²) >= 11 is 0. The van der Waals surface area contributed by atoms with Gasteiger partial charge in [-0.3, -0.25) is 0 Å². The van der Waals surface area contributed by atoms with Crippen molar-refractivity contribution in [2.24, 2.45) is 0 Å². The summed E-state index contributed by atoms with van der Waals surface area (Å²) < 4.78 is 51.2. The monoisotopic (exact) mass is 285 g/mol. The van der Waals surface area contributed by atoms with E-state index in [1.807, 2.05) is 0 Å². The van der Waals surface area contributed by atoms with E-state index < -0.39 is 17.6 Å². The molecule has 0 saturated carbocycles. The van der Waals surface area contributed by atoms with Crippen LogP contribution in [0.4, 0.5) is 17.6 Å². The fraction of sp³-hybridized carbons (Fsp3) is 0.231. The van der Waals surface area contributed by atoms with Crippen molar-refractivity contribution in [2.45, 2.75) is 19.3 Å². The number of hydrogen-bond donors (Lipinski definition) is 1. The smallest absolute Gasteiger partial charge is 0.307 e. The molecule has 0 atom stereocenters. The Balaban J connectivity index is 2.06. The molecule has 0 aliphatic heterocycles. The summed E-state index contributed by atoms with van der Waals surface area (Å²) in [6.45, 7) is 0.274. The van der Waals surface area contributed by atoms with E-state index in [4.69, 9.17) is 0 Å². The lowest BCUT2D eigenvalue weighted by molar-refractivity contribution is -0.138. The van der Waals surface area contributed by atoms with Crippen molar-refractivity contribution in [3.8, 4) is 0 Å². The molecule has 3 nitrogen and oxygen atoms in total. The summed E-state index contributed by atoms with van der Waals surface area (Å²) in [5.74, 6) is -0.906. The molecule has 106 valence electrons. The molecule has 0 unspecified atom stereocenters. The van der Waals surface area contributed by atoms with E-state index >= 15 is 0 Å². The molecular formula is C13H11F4N3. The molecule has 20 heavy (non-hydrogen) atoms. The highest BCUT2D eigenvalue weighted by Gasteiger charge is 2.33. The summed E-state index contributed by atoms with van der Waals surface area (Å²) in [5.41, 5.74) is -0.309. The van der Waals surface area contributed by atoms with E-state index in [-0.39, 0.29) is 12.1 Å². The molecule has 0 fully saturated rings. The van der Waals surface area contributed by atoms with Crippen LogP contribution in [0.15, 0.2) is 36.8 Å². The predicted octanol–water partition coefficient (Wildman–Crippen LogP) is 2.92. The van der Waals surface area contributed by atoms with Gasteiger partial charge in [0.15, 0.2) is 0 Å². The Hall–Kier alpha value is -2.02.